The molecule has 180 valence electrons. The van der Waals surface area contributed by atoms with E-state index in [4.69, 9.17) is 9.47 Å². The molecule has 0 unspecified atom stereocenters. The molecule has 0 amide bonds. The van der Waals surface area contributed by atoms with E-state index in [9.17, 15) is 10.1 Å². The molecule has 5 rings (SSSR count). The summed E-state index contributed by atoms with van der Waals surface area (Å²) < 4.78 is 15.1. The van der Waals surface area contributed by atoms with E-state index in [1.165, 1.54) is 11.3 Å². The number of nitrogens with zero attached hydrogens (tertiary/aromatic N) is 3. The third-order valence-electron chi connectivity index (χ3n) is 5.99. The van der Waals surface area contributed by atoms with Crippen LogP contribution in [0.25, 0.3) is 22.1 Å². The van der Waals surface area contributed by atoms with Crippen LogP contribution in [-0.2, 0) is 6.61 Å². The smallest absolute Gasteiger partial charge is 0.274 e. The number of imidazole rings is 1. The molecule has 0 fully saturated rings. The Labute approximate surface area is 225 Å². The monoisotopic (exact) mass is 607 g/mol. The Bertz CT molecular complexity index is 1780. The molecule has 2 heterocycles. The number of fused-ring (bicyclic) bond motifs is 3. The number of benzene rings is 3. The lowest BCUT2D eigenvalue weighted by molar-refractivity contribution is 0.267. The lowest BCUT2D eigenvalue weighted by atomic mass is 10.1. The fourth-order valence-electron chi connectivity index (χ4n) is 4.05. The number of nitriles is 1. The summed E-state index contributed by atoms with van der Waals surface area (Å²) in [5.74, 6) is 1.21. The van der Waals surface area contributed by atoms with Crippen molar-refractivity contribution >= 4 is 56.0 Å². The summed E-state index contributed by atoms with van der Waals surface area (Å²) in [4.78, 5) is 18.7. The van der Waals surface area contributed by atoms with E-state index in [-0.39, 0.29) is 12.2 Å². The van der Waals surface area contributed by atoms with E-state index in [1.54, 1.807) is 10.5 Å². The predicted octanol–water partition coefficient (Wildman–Crippen LogP) is 5.53. The first-order valence-corrected chi connectivity index (χ1v) is 13.3. The minimum atomic E-state index is -0.0813. The van der Waals surface area contributed by atoms with Crippen LogP contribution >= 0.6 is 33.9 Å². The molecule has 0 aliphatic heterocycles. The average molecular weight is 607 g/mol. The molecule has 0 saturated heterocycles. The second-order valence-electron chi connectivity index (χ2n) is 8.39. The number of hydrogen-bond acceptors (Lipinski definition) is 6. The van der Waals surface area contributed by atoms with Gasteiger partial charge < -0.3 is 9.47 Å². The van der Waals surface area contributed by atoms with Crippen molar-refractivity contribution < 1.29 is 9.47 Å². The Kier molecular flexibility index (Phi) is 6.69. The molecule has 0 aliphatic carbocycles. The topological polar surface area (TPSA) is 76.6 Å². The van der Waals surface area contributed by atoms with Gasteiger partial charge in [-0.1, -0.05) is 29.5 Å². The largest absolute Gasteiger partial charge is 0.490 e. The van der Waals surface area contributed by atoms with Crippen molar-refractivity contribution in [3.05, 3.63) is 94.8 Å². The Morgan fingerprint density at radius 2 is 1.92 bits per heavy atom. The standard InChI is InChI=1S/C28H22IN3O3S/c1-4-34-24-12-18(11-21(29)26(24)35-15-20-8-6-5-7-19(20)14-30)13-25-27(33)32-23-10-17(3)16(2)9-22(23)31-28(32)36-25/h5-13H,4,15H2,1-3H3/b25-13-. The van der Waals surface area contributed by atoms with Crippen LogP contribution in [0.4, 0.5) is 0 Å². The van der Waals surface area contributed by atoms with Crippen LogP contribution < -0.4 is 19.6 Å². The van der Waals surface area contributed by atoms with Gasteiger partial charge in [-0.2, -0.15) is 5.26 Å². The number of thiazole rings is 1. The predicted molar refractivity (Wildman–Crippen MR) is 151 cm³/mol. The quantitative estimate of drug-likeness (QED) is 0.238. The summed E-state index contributed by atoms with van der Waals surface area (Å²) in [6.07, 6.45) is 1.87. The van der Waals surface area contributed by atoms with E-state index in [0.717, 1.165) is 36.9 Å². The molecule has 0 N–H and O–H groups in total. The molecule has 2 aromatic heterocycles. The molecular formula is C28H22IN3O3S. The fourth-order valence-corrected chi connectivity index (χ4v) is 5.82. The van der Waals surface area contributed by atoms with Gasteiger partial charge in [0.15, 0.2) is 16.5 Å². The van der Waals surface area contributed by atoms with Crippen LogP contribution in [0.3, 0.4) is 0 Å². The van der Waals surface area contributed by atoms with Crippen molar-refractivity contribution in [3.8, 4) is 17.6 Å². The number of rotatable bonds is 6. The molecule has 5 aromatic rings. The maximum Gasteiger partial charge on any atom is 0.274 e. The highest BCUT2D eigenvalue weighted by atomic mass is 127. The van der Waals surface area contributed by atoms with Gasteiger partial charge in [0, 0.05) is 5.56 Å². The van der Waals surface area contributed by atoms with Crippen molar-refractivity contribution in [2.45, 2.75) is 27.4 Å². The van der Waals surface area contributed by atoms with Gasteiger partial charge in [0.1, 0.15) is 6.61 Å². The Hall–Kier alpha value is -3.42. The minimum Gasteiger partial charge on any atom is -0.490 e. The van der Waals surface area contributed by atoms with Crippen molar-refractivity contribution in [2.75, 3.05) is 6.61 Å². The SMILES string of the molecule is CCOc1cc(/C=c2\sc3nc4cc(C)c(C)cc4n3c2=O)cc(I)c1OCc1ccccc1C#N. The highest BCUT2D eigenvalue weighted by Gasteiger charge is 2.15. The number of aromatic nitrogens is 2. The number of halogens is 1. The number of hydrogen-bond donors (Lipinski definition) is 0. The highest BCUT2D eigenvalue weighted by Crippen LogP contribution is 2.35. The van der Waals surface area contributed by atoms with Gasteiger partial charge in [-0.3, -0.25) is 4.79 Å². The second kappa shape index (κ2) is 9.91. The number of ether oxygens (including phenoxy) is 2. The maximum absolute atomic E-state index is 13.3. The minimum absolute atomic E-state index is 0.0813. The van der Waals surface area contributed by atoms with Crippen molar-refractivity contribution in [3.63, 3.8) is 0 Å². The first-order valence-electron chi connectivity index (χ1n) is 11.4. The van der Waals surface area contributed by atoms with Crippen LogP contribution in [0.2, 0.25) is 0 Å². The third-order valence-corrected chi connectivity index (χ3v) is 7.76. The Morgan fingerprint density at radius 3 is 2.69 bits per heavy atom. The maximum atomic E-state index is 13.3. The molecular weight excluding hydrogens is 585 g/mol. The fraction of sp³-hybridized carbons (Fsp3) is 0.179. The summed E-state index contributed by atoms with van der Waals surface area (Å²) in [5.41, 5.74) is 6.10. The third kappa shape index (κ3) is 4.45. The normalized spacial score (nSPS) is 11.8. The molecule has 0 aliphatic rings. The molecule has 0 spiro atoms. The van der Waals surface area contributed by atoms with Crippen LogP contribution in [0, 0.1) is 28.7 Å². The van der Waals surface area contributed by atoms with E-state index >= 15 is 0 Å². The van der Waals surface area contributed by atoms with Gasteiger partial charge in [-0.05, 0) is 96.5 Å². The van der Waals surface area contributed by atoms with E-state index in [1.807, 2.05) is 69.3 Å². The van der Waals surface area contributed by atoms with Crippen LogP contribution in [0.5, 0.6) is 11.5 Å². The van der Waals surface area contributed by atoms with Crippen molar-refractivity contribution in [1.29, 1.82) is 5.26 Å². The lowest BCUT2D eigenvalue weighted by Crippen LogP contribution is -2.22. The van der Waals surface area contributed by atoms with E-state index in [0.29, 0.717) is 33.2 Å². The summed E-state index contributed by atoms with van der Waals surface area (Å²) in [6, 6.07) is 17.5. The molecule has 0 radical (unpaired) electrons. The molecule has 0 bridgehead atoms. The zero-order chi connectivity index (χ0) is 25.4. The number of aryl methyl sites for hydroxylation is 2. The zero-order valence-corrected chi connectivity index (χ0v) is 22.9. The van der Waals surface area contributed by atoms with Gasteiger partial charge in [-0.25, -0.2) is 9.38 Å². The Balaban J connectivity index is 1.54. The highest BCUT2D eigenvalue weighted by molar-refractivity contribution is 14.1. The van der Waals surface area contributed by atoms with Crippen LogP contribution in [0.15, 0.2) is 53.3 Å². The van der Waals surface area contributed by atoms with Crippen molar-refractivity contribution in [1.82, 2.24) is 9.38 Å². The van der Waals surface area contributed by atoms with E-state index < -0.39 is 0 Å². The van der Waals surface area contributed by atoms with Gasteiger partial charge in [0.2, 0.25) is 0 Å². The molecule has 0 atom stereocenters. The van der Waals surface area contributed by atoms with Gasteiger partial charge >= 0.3 is 0 Å². The van der Waals surface area contributed by atoms with Crippen molar-refractivity contribution in [2.24, 2.45) is 0 Å². The average Bonchev–Trinajstić information content (AvgIpc) is 3.34. The summed E-state index contributed by atoms with van der Waals surface area (Å²) in [7, 11) is 0. The molecule has 0 saturated carbocycles. The Morgan fingerprint density at radius 1 is 1.14 bits per heavy atom. The summed E-state index contributed by atoms with van der Waals surface area (Å²) in [6.45, 7) is 6.72. The summed E-state index contributed by atoms with van der Waals surface area (Å²) in [5, 5.41) is 9.36. The van der Waals surface area contributed by atoms with E-state index in [2.05, 4.69) is 33.6 Å². The van der Waals surface area contributed by atoms with Gasteiger partial charge in [0.05, 0.1) is 37.4 Å². The lowest BCUT2D eigenvalue weighted by Gasteiger charge is -2.15. The van der Waals surface area contributed by atoms with Gasteiger partial charge in [-0.15, -0.1) is 0 Å². The molecule has 8 heteroatoms. The zero-order valence-electron chi connectivity index (χ0n) is 20.0. The van der Waals surface area contributed by atoms with Crippen LogP contribution in [0.1, 0.15) is 34.7 Å². The van der Waals surface area contributed by atoms with Crippen LogP contribution in [-0.4, -0.2) is 16.0 Å². The molecule has 6 nitrogen and oxygen atoms in total. The first kappa shape index (κ1) is 24.3. The molecule has 36 heavy (non-hydrogen) atoms. The molecule has 3 aromatic carbocycles. The first-order chi connectivity index (χ1) is 17.4. The van der Waals surface area contributed by atoms with Gasteiger partial charge in [0.25, 0.3) is 5.56 Å². The summed E-state index contributed by atoms with van der Waals surface area (Å²) >= 11 is 3.59. The second-order valence-corrected chi connectivity index (χ2v) is 10.6.